The predicted octanol–water partition coefficient (Wildman–Crippen LogP) is 6.60. The molecule has 0 spiro atoms. The maximum atomic E-state index is 11.9. The summed E-state index contributed by atoms with van der Waals surface area (Å²) in [5, 5.41) is 11.4. The number of nitrogens with zero attached hydrogens (tertiary/aromatic N) is 2. The Balaban J connectivity index is 1.77. The van der Waals surface area contributed by atoms with Gasteiger partial charge < -0.3 is 23.3 Å². The zero-order valence-corrected chi connectivity index (χ0v) is 22.9. The molecule has 9 heteroatoms. The fourth-order valence-corrected chi connectivity index (χ4v) is 6.08. The number of rotatable bonds is 19. The first-order valence-electron chi connectivity index (χ1n) is 13.0. The number of azo groups is 1. The van der Waals surface area contributed by atoms with Crippen molar-refractivity contribution in [2.24, 2.45) is 10.2 Å². The highest BCUT2D eigenvalue weighted by Gasteiger charge is 2.40. The van der Waals surface area contributed by atoms with Gasteiger partial charge in [-0.3, -0.25) is 4.79 Å². The number of carbonyl (C=O) groups is 1. The van der Waals surface area contributed by atoms with Gasteiger partial charge in [-0.1, -0.05) is 38.0 Å². The van der Waals surface area contributed by atoms with Crippen LogP contribution in [-0.4, -0.2) is 47.7 Å². The van der Waals surface area contributed by atoms with E-state index in [9.17, 15) is 4.79 Å². The molecular weight excluding hydrogens is 474 g/mol. The van der Waals surface area contributed by atoms with Crippen molar-refractivity contribution in [2.45, 2.75) is 58.9 Å². The highest BCUT2D eigenvalue weighted by Crippen LogP contribution is 2.22. The number of hydrogen-bond acceptors (Lipinski definition) is 7. The second kappa shape index (κ2) is 17.8. The van der Waals surface area contributed by atoms with Crippen molar-refractivity contribution in [2.75, 3.05) is 33.0 Å². The highest BCUT2D eigenvalue weighted by molar-refractivity contribution is 6.60. The fourth-order valence-electron chi connectivity index (χ4n) is 3.51. The van der Waals surface area contributed by atoms with Crippen molar-refractivity contribution in [3.63, 3.8) is 0 Å². The van der Waals surface area contributed by atoms with Gasteiger partial charge in [0.25, 0.3) is 0 Å². The first-order chi connectivity index (χ1) is 17.6. The molecule has 0 atom stereocenters. The zero-order chi connectivity index (χ0) is 25.9. The number of carbonyl (C=O) groups excluding carboxylic acids is 1. The molecule has 2 aromatic carbocycles. The van der Waals surface area contributed by atoms with E-state index in [1.807, 2.05) is 68.4 Å². The summed E-state index contributed by atoms with van der Waals surface area (Å²) in [7, 11) is -2.85. The second-order valence-corrected chi connectivity index (χ2v) is 10.9. The topological polar surface area (TPSA) is 90.7 Å². The van der Waals surface area contributed by atoms with Crippen LogP contribution in [-0.2, 0) is 18.1 Å². The molecule has 0 bridgehead atoms. The number of nitrogens with one attached hydrogen (secondary N) is 1. The van der Waals surface area contributed by atoms with Gasteiger partial charge in [-0.05, 0) is 63.1 Å². The summed E-state index contributed by atoms with van der Waals surface area (Å²) in [5.41, 5.74) is 1.56. The van der Waals surface area contributed by atoms with Crippen LogP contribution in [0.1, 0.15) is 52.9 Å². The van der Waals surface area contributed by atoms with Crippen molar-refractivity contribution in [3.05, 3.63) is 54.6 Å². The molecule has 0 radical (unpaired) electrons. The second-order valence-electron chi connectivity index (χ2n) is 8.19. The van der Waals surface area contributed by atoms with Gasteiger partial charge in [0.1, 0.15) is 12.4 Å². The Bertz CT molecular complexity index is 875. The smallest absolute Gasteiger partial charge is 0.491 e. The normalized spacial score (nSPS) is 11.6. The van der Waals surface area contributed by atoms with Crippen molar-refractivity contribution in [1.29, 1.82) is 0 Å². The summed E-state index contributed by atoms with van der Waals surface area (Å²) in [4.78, 5) is 11.9. The van der Waals surface area contributed by atoms with E-state index in [2.05, 4.69) is 22.5 Å². The number of unbranched alkanes of at least 4 members (excludes halogenated alkanes) is 2. The van der Waals surface area contributed by atoms with E-state index in [0.29, 0.717) is 45.4 Å². The number of benzene rings is 2. The minimum atomic E-state index is -2.85. The first kappa shape index (κ1) is 29.6. The third-order valence-electron chi connectivity index (χ3n) is 5.27. The lowest BCUT2D eigenvalue weighted by molar-refractivity contribution is -0.121. The minimum absolute atomic E-state index is 0.102. The van der Waals surface area contributed by atoms with Gasteiger partial charge >= 0.3 is 8.80 Å². The number of hydrogen-bond donors (Lipinski definition) is 1. The molecule has 36 heavy (non-hydrogen) atoms. The van der Waals surface area contributed by atoms with Crippen LogP contribution in [0.15, 0.2) is 64.8 Å². The van der Waals surface area contributed by atoms with Gasteiger partial charge in [-0.25, -0.2) is 0 Å². The van der Waals surface area contributed by atoms with Crippen LogP contribution in [0.4, 0.5) is 11.4 Å². The van der Waals surface area contributed by atoms with Gasteiger partial charge in [-0.15, -0.1) is 0 Å². The van der Waals surface area contributed by atoms with E-state index in [1.54, 1.807) is 0 Å². The molecule has 0 saturated carbocycles. The standard InChI is InChI=1S/C27H41N3O5Si/c1-4-7-9-15-27(31)28-20-12-23-36(33-5-2,34-6-3)35-22-21-32-26-18-16-25(17-19-26)30-29-24-13-10-8-11-14-24/h8,10-11,13-14,16-19H,4-7,9,12,15,20-23H2,1-3H3,(H,28,31). The van der Waals surface area contributed by atoms with Crippen LogP contribution >= 0.6 is 0 Å². The Morgan fingerprint density at radius 2 is 1.47 bits per heavy atom. The molecule has 0 aromatic heterocycles. The molecular formula is C27H41N3O5Si. The van der Waals surface area contributed by atoms with Gasteiger partial charge in [-0.2, -0.15) is 10.2 Å². The van der Waals surface area contributed by atoms with E-state index in [4.69, 9.17) is 18.0 Å². The van der Waals surface area contributed by atoms with Crippen molar-refractivity contribution in [1.82, 2.24) is 5.32 Å². The van der Waals surface area contributed by atoms with Crippen LogP contribution in [0.25, 0.3) is 0 Å². The highest BCUT2D eigenvalue weighted by atomic mass is 28.4. The van der Waals surface area contributed by atoms with E-state index < -0.39 is 8.80 Å². The van der Waals surface area contributed by atoms with Crippen molar-refractivity contribution < 1.29 is 22.8 Å². The molecule has 0 fully saturated rings. The van der Waals surface area contributed by atoms with Crippen molar-refractivity contribution >= 4 is 26.1 Å². The fraction of sp³-hybridized carbons (Fsp3) is 0.519. The molecule has 1 amide bonds. The Labute approximate surface area is 216 Å². The average Bonchev–Trinajstić information content (AvgIpc) is 2.90. The molecule has 0 aliphatic rings. The van der Waals surface area contributed by atoms with E-state index in [0.717, 1.165) is 42.8 Å². The monoisotopic (exact) mass is 515 g/mol. The maximum Gasteiger partial charge on any atom is 0.501 e. The Kier molecular flexibility index (Phi) is 14.6. The molecule has 0 aliphatic carbocycles. The third-order valence-corrected chi connectivity index (χ3v) is 8.33. The Morgan fingerprint density at radius 3 is 2.11 bits per heavy atom. The lowest BCUT2D eigenvalue weighted by Gasteiger charge is -2.29. The van der Waals surface area contributed by atoms with E-state index >= 15 is 0 Å². The summed E-state index contributed by atoms with van der Waals surface area (Å²) in [6.45, 7) is 8.34. The SMILES string of the molecule is CCCCCC(=O)NCCC[Si](OCC)(OCC)OCCOc1ccc(N=Nc2ccccc2)cc1. The quantitative estimate of drug-likeness (QED) is 0.129. The lowest BCUT2D eigenvalue weighted by Crippen LogP contribution is -2.47. The molecule has 0 aliphatic heterocycles. The summed E-state index contributed by atoms with van der Waals surface area (Å²) in [6.07, 6.45) is 4.45. The Morgan fingerprint density at radius 1 is 0.806 bits per heavy atom. The molecule has 2 rings (SSSR count). The minimum Gasteiger partial charge on any atom is -0.491 e. The van der Waals surface area contributed by atoms with Crippen LogP contribution in [0, 0.1) is 0 Å². The third kappa shape index (κ3) is 11.9. The van der Waals surface area contributed by atoms with Gasteiger partial charge in [0.15, 0.2) is 0 Å². The molecule has 8 nitrogen and oxygen atoms in total. The van der Waals surface area contributed by atoms with Gasteiger partial charge in [0, 0.05) is 32.2 Å². The van der Waals surface area contributed by atoms with Crippen LogP contribution in [0.3, 0.4) is 0 Å². The lowest BCUT2D eigenvalue weighted by atomic mass is 10.2. The van der Waals surface area contributed by atoms with Gasteiger partial charge in [0.2, 0.25) is 5.91 Å². The largest absolute Gasteiger partial charge is 0.501 e. The molecule has 2 aromatic rings. The van der Waals surface area contributed by atoms with Crippen molar-refractivity contribution in [3.8, 4) is 5.75 Å². The summed E-state index contributed by atoms with van der Waals surface area (Å²) in [6, 6.07) is 17.7. The predicted molar refractivity (Wildman–Crippen MR) is 144 cm³/mol. The number of amides is 1. The molecule has 0 heterocycles. The molecule has 1 N–H and O–H groups in total. The van der Waals surface area contributed by atoms with Gasteiger partial charge in [0.05, 0.1) is 18.0 Å². The van der Waals surface area contributed by atoms with Crippen LogP contribution < -0.4 is 10.1 Å². The zero-order valence-electron chi connectivity index (χ0n) is 21.9. The summed E-state index contributed by atoms with van der Waals surface area (Å²) < 4.78 is 24.0. The molecule has 0 unspecified atom stereocenters. The number of ether oxygens (including phenoxy) is 1. The summed E-state index contributed by atoms with van der Waals surface area (Å²) in [5.74, 6) is 0.827. The van der Waals surface area contributed by atoms with Crippen LogP contribution in [0.5, 0.6) is 5.75 Å². The van der Waals surface area contributed by atoms with Crippen LogP contribution in [0.2, 0.25) is 6.04 Å². The first-order valence-corrected chi connectivity index (χ1v) is 14.9. The molecule has 0 saturated heterocycles. The van der Waals surface area contributed by atoms with E-state index in [1.165, 1.54) is 0 Å². The summed E-state index contributed by atoms with van der Waals surface area (Å²) >= 11 is 0. The Hall–Kier alpha value is -2.59. The van der Waals surface area contributed by atoms with E-state index in [-0.39, 0.29) is 5.91 Å². The maximum absolute atomic E-state index is 11.9. The molecule has 198 valence electrons. The average molecular weight is 516 g/mol.